The van der Waals surface area contributed by atoms with Crippen molar-refractivity contribution in [2.75, 3.05) is 0 Å². The maximum Gasteiger partial charge on any atom is 0.342 e. The number of phenols is 1. The lowest BCUT2D eigenvalue weighted by atomic mass is 9.89. The number of hydrogen-bond donors (Lipinski definition) is 5. The zero-order valence-corrected chi connectivity index (χ0v) is 18.0. The topological polar surface area (TPSA) is 142 Å². The van der Waals surface area contributed by atoms with Crippen LogP contribution in [0, 0.1) is 11.8 Å². The quantitative estimate of drug-likeness (QED) is 0.375. The molecule has 8 heteroatoms. The standard InChI is InChI=1S/C22H34N2O6/c1-5-14(23)20(27)19(26)12(4)21(28)24-15(9-11(2)3)17-10-13-7-6-8-16(25)18(13)22(29)30-17/h6-8,11-12,14-15,17,19-20,25-27H,5,9-10,23H2,1-4H3,(H,24,28). The Labute approximate surface area is 177 Å². The van der Waals surface area contributed by atoms with Crippen molar-refractivity contribution in [2.24, 2.45) is 17.6 Å². The van der Waals surface area contributed by atoms with Gasteiger partial charge in [0, 0.05) is 12.5 Å². The average Bonchev–Trinajstić information content (AvgIpc) is 2.70. The number of phenolic OH excluding ortho intramolecular Hbond substituents is 1. The Kier molecular flexibility index (Phi) is 8.23. The van der Waals surface area contributed by atoms with Gasteiger partial charge in [0.05, 0.1) is 24.2 Å². The lowest BCUT2D eigenvalue weighted by molar-refractivity contribution is -0.133. The molecular weight excluding hydrogens is 388 g/mol. The number of aliphatic hydroxyl groups excluding tert-OH is 2. The third kappa shape index (κ3) is 5.50. The number of aromatic hydroxyl groups is 1. The van der Waals surface area contributed by atoms with Crippen molar-refractivity contribution >= 4 is 11.9 Å². The van der Waals surface area contributed by atoms with Crippen molar-refractivity contribution in [3.8, 4) is 5.75 Å². The summed E-state index contributed by atoms with van der Waals surface area (Å²) in [5.41, 5.74) is 6.61. The van der Waals surface area contributed by atoms with E-state index in [0.29, 0.717) is 24.8 Å². The molecule has 0 aliphatic carbocycles. The summed E-state index contributed by atoms with van der Waals surface area (Å²) >= 11 is 0. The maximum atomic E-state index is 12.8. The van der Waals surface area contributed by atoms with Gasteiger partial charge < -0.3 is 31.1 Å². The van der Waals surface area contributed by atoms with E-state index in [2.05, 4.69) is 5.32 Å². The van der Waals surface area contributed by atoms with Gasteiger partial charge in [-0.3, -0.25) is 4.79 Å². The van der Waals surface area contributed by atoms with Crippen LogP contribution in [0.3, 0.4) is 0 Å². The number of amides is 1. The fourth-order valence-corrected chi connectivity index (χ4v) is 3.74. The first kappa shape index (κ1) is 24.1. The highest BCUT2D eigenvalue weighted by molar-refractivity contribution is 5.95. The lowest BCUT2D eigenvalue weighted by Crippen LogP contribution is -2.53. The molecule has 1 aliphatic rings. The fraction of sp³-hybridized carbons (Fsp3) is 0.636. The Morgan fingerprint density at radius 3 is 2.53 bits per heavy atom. The van der Waals surface area contributed by atoms with Crippen LogP contribution in [0.15, 0.2) is 18.2 Å². The van der Waals surface area contributed by atoms with Gasteiger partial charge in [0.1, 0.15) is 17.4 Å². The highest BCUT2D eigenvalue weighted by Gasteiger charge is 2.37. The summed E-state index contributed by atoms with van der Waals surface area (Å²) in [7, 11) is 0. The molecule has 1 aromatic carbocycles. The SMILES string of the molecule is CCC(N)C(O)C(O)C(C)C(=O)NC(CC(C)C)C1Cc2cccc(O)c2C(=O)O1. The number of aliphatic hydroxyl groups is 2. The third-order valence-corrected chi connectivity index (χ3v) is 5.70. The molecule has 0 saturated heterocycles. The second-order valence-corrected chi connectivity index (χ2v) is 8.55. The molecule has 6 unspecified atom stereocenters. The number of benzene rings is 1. The minimum atomic E-state index is -1.31. The van der Waals surface area contributed by atoms with E-state index in [9.17, 15) is 24.9 Å². The molecule has 1 aromatic rings. The summed E-state index contributed by atoms with van der Waals surface area (Å²) in [5.74, 6) is -1.90. The minimum absolute atomic E-state index is 0.126. The number of carbonyl (C=O) groups excluding carboxylic acids is 2. The van der Waals surface area contributed by atoms with Crippen LogP contribution in [0.2, 0.25) is 0 Å². The van der Waals surface area contributed by atoms with Crippen LogP contribution in [0.4, 0.5) is 0 Å². The second kappa shape index (κ2) is 10.2. The van der Waals surface area contributed by atoms with Crippen LogP contribution in [-0.4, -0.2) is 57.6 Å². The Hall–Kier alpha value is -2.16. The number of nitrogens with two attached hydrogens (primary N) is 1. The Morgan fingerprint density at radius 1 is 1.27 bits per heavy atom. The molecule has 0 bridgehead atoms. The van der Waals surface area contributed by atoms with E-state index in [-0.39, 0.29) is 17.2 Å². The summed E-state index contributed by atoms with van der Waals surface area (Å²) in [6.07, 6.45) is -1.77. The number of fused-ring (bicyclic) bond motifs is 1. The molecule has 0 saturated carbocycles. The second-order valence-electron chi connectivity index (χ2n) is 8.55. The van der Waals surface area contributed by atoms with Crippen molar-refractivity contribution in [3.05, 3.63) is 29.3 Å². The molecule has 8 nitrogen and oxygen atoms in total. The number of rotatable bonds is 9. The third-order valence-electron chi connectivity index (χ3n) is 5.70. The van der Waals surface area contributed by atoms with E-state index in [1.165, 1.54) is 13.0 Å². The number of esters is 1. The molecule has 0 aromatic heterocycles. The summed E-state index contributed by atoms with van der Waals surface area (Å²) in [4.78, 5) is 25.3. The first-order valence-electron chi connectivity index (χ1n) is 10.5. The minimum Gasteiger partial charge on any atom is -0.507 e. The summed E-state index contributed by atoms with van der Waals surface area (Å²) in [5, 5.41) is 33.4. The molecule has 2 rings (SSSR count). The van der Waals surface area contributed by atoms with Gasteiger partial charge in [-0.2, -0.15) is 0 Å². The van der Waals surface area contributed by atoms with E-state index < -0.39 is 48.2 Å². The van der Waals surface area contributed by atoms with Crippen molar-refractivity contribution in [1.29, 1.82) is 0 Å². The van der Waals surface area contributed by atoms with Gasteiger partial charge in [-0.05, 0) is 30.4 Å². The van der Waals surface area contributed by atoms with Gasteiger partial charge in [-0.25, -0.2) is 4.79 Å². The predicted octanol–water partition coefficient (Wildman–Crippen LogP) is 1.10. The molecule has 1 amide bonds. The van der Waals surface area contributed by atoms with Gasteiger partial charge in [0.2, 0.25) is 5.91 Å². The number of nitrogens with one attached hydrogen (secondary N) is 1. The lowest BCUT2D eigenvalue weighted by Gasteiger charge is -2.34. The first-order valence-corrected chi connectivity index (χ1v) is 10.5. The molecule has 0 radical (unpaired) electrons. The average molecular weight is 423 g/mol. The molecule has 1 heterocycles. The number of carbonyl (C=O) groups is 2. The fourth-order valence-electron chi connectivity index (χ4n) is 3.74. The van der Waals surface area contributed by atoms with E-state index in [1.807, 2.05) is 13.8 Å². The Morgan fingerprint density at radius 2 is 1.93 bits per heavy atom. The monoisotopic (exact) mass is 422 g/mol. The highest BCUT2D eigenvalue weighted by atomic mass is 16.5. The molecule has 30 heavy (non-hydrogen) atoms. The molecule has 0 fully saturated rings. The first-order chi connectivity index (χ1) is 14.1. The molecule has 6 N–H and O–H groups in total. The summed E-state index contributed by atoms with van der Waals surface area (Å²) < 4.78 is 5.56. The zero-order valence-electron chi connectivity index (χ0n) is 18.0. The van der Waals surface area contributed by atoms with Crippen LogP contribution in [0.1, 0.15) is 56.5 Å². The summed E-state index contributed by atoms with van der Waals surface area (Å²) in [6.45, 7) is 7.30. The zero-order chi connectivity index (χ0) is 22.6. The smallest absolute Gasteiger partial charge is 0.342 e. The highest BCUT2D eigenvalue weighted by Crippen LogP contribution is 2.30. The van der Waals surface area contributed by atoms with Crippen LogP contribution in [-0.2, 0) is 16.0 Å². The molecule has 168 valence electrons. The van der Waals surface area contributed by atoms with E-state index in [0.717, 1.165) is 0 Å². The molecule has 6 atom stereocenters. The normalized spacial score (nSPS) is 21.2. The molecular formula is C22H34N2O6. The van der Waals surface area contributed by atoms with Crippen molar-refractivity contribution in [3.63, 3.8) is 0 Å². The van der Waals surface area contributed by atoms with Gasteiger partial charge in [-0.15, -0.1) is 0 Å². The van der Waals surface area contributed by atoms with Crippen LogP contribution in [0.25, 0.3) is 0 Å². The molecule has 0 spiro atoms. The van der Waals surface area contributed by atoms with Crippen LogP contribution >= 0.6 is 0 Å². The van der Waals surface area contributed by atoms with E-state index in [4.69, 9.17) is 10.5 Å². The van der Waals surface area contributed by atoms with E-state index >= 15 is 0 Å². The van der Waals surface area contributed by atoms with Crippen molar-refractivity contribution in [2.45, 2.75) is 77.4 Å². The number of cyclic esters (lactones) is 1. The number of hydrogen-bond acceptors (Lipinski definition) is 7. The number of ether oxygens (including phenoxy) is 1. The maximum absolute atomic E-state index is 12.8. The Balaban J connectivity index is 2.16. The summed E-state index contributed by atoms with van der Waals surface area (Å²) in [6, 6.07) is 3.74. The van der Waals surface area contributed by atoms with Gasteiger partial charge >= 0.3 is 5.97 Å². The van der Waals surface area contributed by atoms with Crippen molar-refractivity contribution in [1.82, 2.24) is 5.32 Å². The Bertz CT molecular complexity index is 753. The predicted molar refractivity (Wildman–Crippen MR) is 112 cm³/mol. The van der Waals surface area contributed by atoms with Gasteiger partial charge in [-0.1, -0.05) is 39.8 Å². The van der Waals surface area contributed by atoms with Crippen molar-refractivity contribution < 1.29 is 29.6 Å². The molecule has 1 aliphatic heterocycles. The van der Waals surface area contributed by atoms with Gasteiger partial charge in [0.15, 0.2) is 0 Å². The van der Waals surface area contributed by atoms with E-state index in [1.54, 1.807) is 19.1 Å². The van der Waals surface area contributed by atoms with Crippen LogP contribution in [0.5, 0.6) is 5.75 Å². The van der Waals surface area contributed by atoms with Crippen LogP contribution < -0.4 is 11.1 Å². The van der Waals surface area contributed by atoms with Gasteiger partial charge in [0.25, 0.3) is 0 Å². The largest absolute Gasteiger partial charge is 0.507 e.